The molecule has 0 aromatic carbocycles. The SMILES string of the molecule is CC(=O)N/C(=C\SC/C=C(\C)CC/C=C(\C)CCC=C(C)C)C(=O)O. The summed E-state index contributed by atoms with van der Waals surface area (Å²) in [5, 5.41) is 12.7. The second-order valence-corrected chi connectivity index (χ2v) is 7.21. The first-order chi connectivity index (χ1) is 11.7. The van der Waals surface area contributed by atoms with E-state index in [1.165, 1.54) is 40.8 Å². The van der Waals surface area contributed by atoms with E-state index in [0.717, 1.165) is 25.7 Å². The number of allylic oxidation sites excluding steroid dienone is 5. The van der Waals surface area contributed by atoms with Gasteiger partial charge in [0.05, 0.1) is 0 Å². The Hall–Kier alpha value is -1.75. The quantitative estimate of drug-likeness (QED) is 0.300. The van der Waals surface area contributed by atoms with Gasteiger partial charge < -0.3 is 10.4 Å². The van der Waals surface area contributed by atoms with Crippen LogP contribution in [0.4, 0.5) is 0 Å². The van der Waals surface area contributed by atoms with Crippen LogP contribution in [0.3, 0.4) is 0 Å². The van der Waals surface area contributed by atoms with E-state index < -0.39 is 5.97 Å². The summed E-state index contributed by atoms with van der Waals surface area (Å²) in [6.45, 7) is 9.79. The molecule has 0 aromatic heterocycles. The molecule has 5 heteroatoms. The van der Waals surface area contributed by atoms with Gasteiger partial charge in [-0.1, -0.05) is 34.9 Å². The van der Waals surface area contributed by atoms with Gasteiger partial charge in [0.2, 0.25) is 5.91 Å². The number of hydrogen-bond acceptors (Lipinski definition) is 3. The van der Waals surface area contributed by atoms with Crippen LogP contribution in [0.1, 0.15) is 60.3 Å². The van der Waals surface area contributed by atoms with Crippen LogP contribution < -0.4 is 5.32 Å². The van der Waals surface area contributed by atoms with Crippen LogP contribution in [0.15, 0.2) is 46.1 Å². The summed E-state index contributed by atoms with van der Waals surface area (Å²) in [4.78, 5) is 21.9. The fourth-order valence-corrected chi connectivity index (χ4v) is 2.79. The van der Waals surface area contributed by atoms with Crippen molar-refractivity contribution in [2.24, 2.45) is 0 Å². The molecule has 4 nitrogen and oxygen atoms in total. The number of hydrogen-bond donors (Lipinski definition) is 2. The highest BCUT2D eigenvalue weighted by Crippen LogP contribution is 2.13. The molecule has 0 aromatic rings. The molecule has 0 saturated carbocycles. The molecular formula is C20H31NO3S. The van der Waals surface area contributed by atoms with Crippen molar-refractivity contribution in [1.82, 2.24) is 5.32 Å². The smallest absolute Gasteiger partial charge is 0.352 e. The van der Waals surface area contributed by atoms with Crippen molar-refractivity contribution in [3.05, 3.63) is 46.1 Å². The second kappa shape index (κ2) is 13.5. The summed E-state index contributed by atoms with van der Waals surface area (Å²) in [6.07, 6.45) is 10.9. The number of rotatable bonds is 11. The van der Waals surface area contributed by atoms with Crippen LogP contribution in [-0.4, -0.2) is 22.7 Å². The maximum atomic E-state index is 11.0. The summed E-state index contributed by atoms with van der Waals surface area (Å²) in [6, 6.07) is 0. The van der Waals surface area contributed by atoms with Crippen molar-refractivity contribution in [2.75, 3.05) is 5.75 Å². The van der Waals surface area contributed by atoms with E-state index in [2.05, 4.69) is 51.2 Å². The Bertz CT molecular complexity index is 567. The number of aliphatic carboxylic acids is 1. The molecule has 0 radical (unpaired) electrons. The van der Waals surface area contributed by atoms with E-state index in [1.54, 1.807) is 0 Å². The molecule has 0 unspecified atom stereocenters. The molecule has 140 valence electrons. The van der Waals surface area contributed by atoms with Gasteiger partial charge in [0.15, 0.2) is 0 Å². The maximum Gasteiger partial charge on any atom is 0.352 e. The monoisotopic (exact) mass is 365 g/mol. The van der Waals surface area contributed by atoms with Crippen LogP contribution in [0.2, 0.25) is 0 Å². The minimum absolute atomic E-state index is 0.0847. The first kappa shape index (κ1) is 23.2. The summed E-state index contributed by atoms with van der Waals surface area (Å²) in [5.74, 6) is -0.823. The highest BCUT2D eigenvalue weighted by atomic mass is 32.2. The predicted octanol–water partition coefficient (Wildman–Crippen LogP) is 5.20. The molecular weight excluding hydrogens is 334 g/mol. The van der Waals surface area contributed by atoms with Crippen LogP contribution in [0.5, 0.6) is 0 Å². The van der Waals surface area contributed by atoms with Gasteiger partial charge in [0, 0.05) is 18.1 Å². The van der Waals surface area contributed by atoms with Crippen molar-refractivity contribution in [3.8, 4) is 0 Å². The number of carbonyl (C=O) groups is 2. The summed E-state index contributed by atoms with van der Waals surface area (Å²) in [5.41, 5.74) is 3.98. The second-order valence-electron chi connectivity index (χ2n) is 6.31. The lowest BCUT2D eigenvalue weighted by Crippen LogP contribution is -2.24. The van der Waals surface area contributed by atoms with Crippen molar-refractivity contribution in [1.29, 1.82) is 0 Å². The van der Waals surface area contributed by atoms with Crippen LogP contribution in [-0.2, 0) is 9.59 Å². The third-order valence-electron chi connectivity index (χ3n) is 3.39. The molecule has 0 bridgehead atoms. The number of carboxylic acid groups (broad SMARTS) is 1. The minimum atomic E-state index is -1.13. The van der Waals surface area contributed by atoms with E-state index in [1.807, 2.05) is 0 Å². The van der Waals surface area contributed by atoms with Gasteiger partial charge in [-0.05, 0) is 53.4 Å². The van der Waals surface area contributed by atoms with Crippen LogP contribution in [0.25, 0.3) is 0 Å². The highest BCUT2D eigenvalue weighted by molar-refractivity contribution is 8.02. The number of nitrogens with one attached hydrogen (secondary N) is 1. The van der Waals surface area contributed by atoms with E-state index in [0.29, 0.717) is 5.75 Å². The molecule has 0 aliphatic rings. The topological polar surface area (TPSA) is 66.4 Å². The molecule has 0 atom stereocenters. The summed E-state index contributed by atoms with van der Waals surface area (Å²) >= 11 is 1.36. The Morgan fingerprint density at radius 3 is 2.00 bits per heavy atom. The fourth-order valence-electron chi connectivity index (χ4n) is 1.98. The lowest BCUT2D eigenvalue weighted by molar-refractivity contribution is -0.134. The van der Waals surface area contributed by atoms with Gasteiger partial charge in [0.1, 0.15) is 5.70 Å². The Morgan fingerprint density at radius 2 is 1.48 bits per heavy atom. The number of amides is 1. The van der Waals surface area contributed by atoms with Gasteiger partial charge in [0.25, 0.3) is 0 Å². The minimum Gasteiger partial charge on any atom is -0.477 e. The van der Waals surface area contributed by atoms with Crippen molar-refractivity contribution in [3.63, 3.8) is 0 Å². The molecule has 0 saturated heterocycles. The Balaban J connectivity index is 4.22. The zero-order valence-electron chi connectivity index (χ0n) is 16.0. The van der Waals surface area contributed by atoms with Gasteiger partial charge in [-0.2, -0.15) is 0 Å². The molecule has 0 rings (SSSR count). The molecule has 0 heterocycles. The normalized spacial score (nSPS) is 12.8. The van der Waals surface area contributed by atoms with Gasteiger partial charge in [-0.3, -0.25) is 4.79 Å². The summed E-state index contributed by atoms with van der Waals surface area (Å²) < 4.78 is 0. The molecule has 0 fully saturated rings. The molecule has 25 heavy (non-hydrogen) atoms. The van der Waals surface area contributed by atoms with E-state index in [4.69, 9.17) is 5.11 Å². The van der Waals surface area contributed by atoms with E-state index >= 15 is 0 Å². The van der Waals surface area contributed by atoms with Gasteiger partial charge in [-0.15, -0.1) is 11.8 Å². The van der Waals surface area contributed by atoms with E-state index in [9.17, 15) is 9.59 Å². The standard InChI is InChI=1S/C20H31NO3S/c1-15(2)8-6-9-16(3)10-7-11-17(4)12-13-25-14-19(20(23)24)21-18(5)22/h8,10,12,14H,6-7,9,11,13H2,1-5H3,(H,21,22)(H,23,24)/b16-10+,17-12+,19-14-. The molecule has 1 amide bonds. The number of carboxylic acids is 1. The van der Waals surface area contributed by atoms with Gasteiger partial charge in [-0.25, -0.2) is 4.79 Å². The lowest BCUT2D eigenvalue weighted by Gasteiger charge is -2.03. The van der Waals surface area contributed by atoms with Crippen LogP contribution in [0, 0.1) is 0 Å². The third kappa shape index (κ3) is 14.3. The molecule has 0 aliphatic carbocycles. The van der Waals surface area contributed by atoms with Gasteiger partial charge >= 0.3 is 5.97 Å². The molecule has 0 aliphatic heterocycles. The average molecular weight is 366 g/mol. The average Bonchev–Trinajstić information content (AvgIpc) is 2.49. The zero-order valence-corrected chi connectivity index (χ0v) is 16.8. The Morgan fingerprint density at radius 1 is 0.920 bits per heavy atom. The summed E-state index contributed by atoms with van der Waals surface area (Å²) in [7, 11) is 0. The zero-order chi connectivity index (χ0) is 19.2. The largest absolute Gasteiger partial charge is 0.477 e. The first-order valence-corrected chi connectivity index (χ1v) is 9.54. The van der Waals surface area contributed by atoms with Crippen LogP contribution >= 0.6 is 11.8 Å². The number of thioether (sulfide) groups is 1. The molecule has 2 N–H and O–H groups in total. The van der Waals surface area contributed by atoms with Crippen molar-refractivity contribution < 1.29 is 14.7 Å². The van der Waals surface area contributed by atoms with Crippen molar-refractivity contribution >= 4 is 23.6 Å². The predicted molar refractivity (Wildman–Crippen MR) is 107 cm³/mol. The number of carbonyl (C=O) groups excluding carboxylic acids is 1. The molecule has 0 spiro atoms. The maximum absolute atomic E-state index is 11.0. The lowest BCUT2D eigenvalue weighted by atomic mass is 10.1. The van der Waals surface area contributed by atoms with Crippen molar-refractivity contribution in [2.45, 2.75) is 60.3 Å². The van der Waals surface area contributed by atoms with E-state index in [-0.39, 0.29) is 11.6 Å². The third-order valence-corrected chi connectivity index (χ3v) is 4.15. The Labute approximate surface area is 156 Å². The first-order valence-electron chi connectivity index (χ1n) is 8.49. The highest BCUT2D eigenvalue weighted by Gasteiger charge is 2.07. The Kier molecular flexibility index (Phi) is 12.6. The fraction of sp³-hybridized carbons (Fsp3) is 0.500.